The molecule has 0 bridgehead atoms. The molecule has 1 atom stereocenters. The fraction of sp³-hybridized carbons (Fsp3) is 0.429. The minimum absolute atomic E-state index is 0.102. The van der Waals surface area contributed by atoms with Gasteiger partial charge in [0.2, 0.25) is 5.95 Å². The lowest BCUT2D eigenvalue weighted by atomic mass is 10.1. The number of aromatic amines is 1. The Morgan fingerprint density at radius 2 is 2.35 bits per heavy atom. The molecule has 23 heavy (non-hydrogen) atoms. The highest BCUT2D eigenvalue weighted by Gasteiger charge is 2.23. The van der Waals surface area contributed by atoms with Crippen LogP contribution in [0.5, 0.6) is 0 Å². The average Bonchev–Trinajstić information content (AvgIpc) is 2.99. The third-order valence-electron chi connectivity index (χ3n) is 3.64. The molecular formula is C14H19N7O2. The van der Waals surface area contributed by atoms with E-state index in [9.17, 15) is 4.79 Å². The Labute approximate surface area is 133 Å². The summed E-state index contributed by atoms with van der Waals surface area (Å²) < 4.78 is 0. The average molecular weight is 317 g/mol. The fourth-order valence-corrected chi connectivity index (χ4v) is 2.67. The van der Waals surface area contributed by atoms with Gasteiger partial charge < -0.3 is 20.6 Å². The standard InChI is InChI=1S/C14H19N7O2/c1-9-7-12(18-11-4-5-15-20-11)19-13(16-9)21-6-2-3-10(8-21)17-14(22)23/h4-5,7,10,17H,2-3,6,8H2,1H3,(H,22,23)(H2,15,16,18,19,20)/t10-/m1/s1. The van der Waals surface area contributed by atoms with Crippen LogP contribution in [0.15, 0.2) is 18.3 Å². The van der Waals surface area contributed by atoms with Crippen LogP contribution in [-0.4, -0.2) is 50.5 Å². The van der Waals surface area contributed by atoms with Gasteiger partial charge in [0.05, 0.1) is 6.20 Å². The highest BCUT2D eigenvalue weighted by atomic mass is 16.4. The van der Waals surface area contributed by atoms with Gasteiger partial charge in [0, 0.05) is 37.0 Å². The van der Waals surface area contributed by atoms with Crippen molar-refractivity contribution < 1.29 is 9.90 Å². The van der Waals surface area contributed by atoms with E-state index in [1.807, 2.05) is 24.0 Å². The summed E-state index contributed by atoms with van der Waals surface area (Å²) in [5.74, 6) is 2.02. The molecule has 2 aromatic rings. The lowest BCUT2D eigenvalue weighted by molar-refractivity contribution is 0.188. The second kappa shape index (κ2) is 6.51. The van der Waals surface area contributed by atoms with E-state index in [2.05, 4.69) is 30.8 Å². The number of hydrogen-bond donors (Lipinski definition) is 4. The maximum absolute atomic E-state index is 10.8. The first-order valence-electron chi connectivity index (χ1n) is 7.46. The quantitative estimate of drug-likeness (QED) is 0.674. The molecule has 0 aromatic carbocycles. The van der Waals surface area contributed by atoms with E-state index in [1.54, 1.807) is 6.20 Å². The predicted octanol–water partition coefficient (Wildman–Crippen LogP) is 1.49. The largest absolute Gasteiger partial charge is 0.465 e. The summed E-state index contributed by atoms with van der Waals surface area (Å²) in [4.78, 5) is 21.8. The zero-order valence-corrected chi connectivity index (χ0v) is 12.8. The van der Waals surface area contributed by atoms with E-state index in [0.29, 0.717) is 18.3 Å². The zero-order valence-electron chi connectivity index (χ0n) is 12.8. The van der Waals surface area contributed by atoms with Gasteiger partial charge in [-0.15, -0.1) is 0 Å². The van der Waals surface area contributed by atoms with Gasteiger partial charge in [-0.25, -0.2) is 9.78 Å². The lowest BCUT2D eigenvalue weighted by Gasteiger charge is -2.32. The summed E-state index contributed by atoms with van der Waals surface area (Å²) in [7, 11) is 0. The number of nitrogens with one attached hydrogen (secondary N) is 3. The zero-order chi connectivity index (χ0) is 16.2. The number of aromatic nitrogens is 4. The molecule has 1 aliphatic rings. The normalized spacial score (nSPS) is 17.8. The van der Waals surface area contributed by atoms with Crippen molar-refractivity contribution >= 4 is 23.7 Å². The summed E-state index contributed by atoms with van der Waals surface area (Å²) in [6.07, 6.45) is 2.38. The molecule has 0 saturated carbocycles. The van der Waals surface area contributed by atoms with Gasteiger partial charge in [-0.3, -0.25) is 5.10 Å². The molecule has 9 nitrogen and oxygen atoms in total. The van der Waals surface area contributed by atoms with Crippen LogP contribution < -0.4 is 15.5 Å². The van der Waals surface area contributed by atoms with Crippen LogP contribution in [0.1, 0.15) is 18.5 Å². The Balaban J connectivity index is 1.76. The number of nitrogens with zero attached hydrogens (tertiary/aromatic N) is 4. The first-order chi connectivity index (χ1) is 11.1. The van der Waals surface area contributed by atoms with Crippen molar-refractivity contribution in [1.29, 1.82) is 0 Å². The minimum Gasteiger partial charge on any atom is -0.465 e. The number of carbonyl (C=O) groups is 1. The topological polar surface area (TPSA) is 119 Å². The summed E-state index contributed by atoms with van der Waals surface area (Å²) in [6.45, 7) is 3.28. The second-order valence-electron chi connectivity index (χ2n) is 5.52. The number of H-pyrrole nitrogens is 1. The van der Waals surface area contributed by atoms with Crippen LogP contribution in [0.3, 0.4) is 0 Å². The van der Waals surface area contributed by atoms with Crippen LogP contribution in [0.25, 0.3) is 0 Å². The van der Waals surface area contributed by atoms with E-state index in [0.717, 1.165) is 30.9 Å². The van der Waals surface area contributed by atoms with E-state index in [1.165, 1.54) is 0 Å². The minimum atomic E-state index is -0.997. The number of rotatable bonds is 4. The summed E-state index contributed by atoms with van der Waals surface area (Å²) in [5.41, 5.74) is 0.838. The number of hydrogen-bond acceptors (Lipinski definition) is 6. The van der Waals surface area contributed by atoms with E-state index in [-0.39, 0.29) is 6.04 Å². The molecule has 0 spiro atoms. The van der Waals surface area contributed by atoms with Crippen molar-refractivity contribution in [1.82, 2.24) is 25.5 Å². The first kappa shape index (κ1) is 15.1. The molecule has 9 heteroatoms. The van der Waals surface area contributed by atoms with E-state index < -0.39 is 6.09 Å². The number of piperidine rings is 1. The molecule has 3 rings (SSSR count). The van der Waals surface area contributed by atoms with E-state index >= 15 is 0 Å². The molecule has 122 valence electrons. The Morgan fingerprint density at radius 1 is 1.48 bits per heavy atom. The molecule has 1 aliphatic heterocycles. The third kappa shape index (κ3) is 3.87. The van der Waals surface area contributed by atoms with Gasteiger partial charge in [0.15, 0.2) is 0 Å². The number of amides is 1. The molecule has 1 saturated heterocycles. The maximum atomic E-state index is 10.8. The monoisotopic (exact) mass is 317 g/mol. The van der Waals surface area contributed by atoms with Crippen molar-refractivity contribution in [3.05, 3.63) is 24.0 Å². The van der Waals surface area contributed by atoms with Crippen LogP contribution >= 0.6 is 0 Å². The van der Waals surface area contributed by atoms with Gasteiger partial charge in [-0.05, 0) is 19.8 Å². The van der Waals surface area contributed by atoms with E-state index in [4.69, 9.17) is 5.11 Å². The first-order valence-corrected chi connectivity index (χ1v) is 7.46. The Kier molecular flexibility index (Phi) is 4.26. The fourth-order valence-electron chi connectivity index (χ4n) is 2.67. The number of carboxylic acid groups (broad SMARTS) is 1. The van der Waals surface area contributed by atoms with Crippen LogP contribution in [0.2, 0.25) is 0 Å². The van der Waals surface area contributed by atoms with Crippen molar-refractivity contribution in [2.45, 2.75) is 25.8 Å². The molecule has 1 fully saturated rings. The van der Waals surface area contributed by atoms with Gasteiger partial charge in [-0.1, -0.05) is 0 Å². The highest BCUT2D eigenvalue weighted by molar-refractivity contribution is 5.65. The van der Waals surface area contributed by atoms with Crippen LogP contribution in [-0.2, 0) is 0 Å². The SMILES string of the molecule is Cc1cc(Nc2ccn[nH]2)nc(N2CCC[C@@H](NC(=O)O)C2)n1. The van der Waals surface area contributed by atoms with Crippen molar-refractivity contribution in [3.63, 3.8) is 0 Å². The molecule has 2 aromatic heterocycles. The van der Waals surface area contributed by atoms with Crippen LogP contribution in [0.4, 0.5) is 22.4 Å². The smallest absolute Gasteiger partial charge is 0.404 e. The molecule has 0 unspecified atom stereocenters. The van der Waals surface area contributed by atoms with Crippen molar-refractivity contribution in [2.75, 3.05) is 23.3 Å². The van der Waals surface area contributed by atoms with Gasteiger partial charge in [0.1, 0.15) is 11.6 Å². The Hall–Kier alpha value is -2.84. The maximum Gasteiger partial charge on any atom is 0.404 e. The van der Waals surface area contributed by atoms with Gasteiger partial charge in [-0.2, -0.15) is 10.1 Å². The predicted molar refractivity (Wildman–Crippen MR) is 85.0 cm³/mol. The summed E-state index contributed by atoms with van der Waals surface area (Å²) >= 11 is 0. The lowest BCUT2D eigenvalue weighted by Crippen LogP contribution is -2.48. The Bertz CT molecular complexity index is 674. The molecular weight excluding hydrogens is 298 g/mol. The summed E-state index contributed by atoms with van der Waals surface area (Å²) in [5, 5.41) is 21.3. The van der Waals surface area contributed by atoms with Crippen molar-refractivity contribution in [3.8, 4) is 0 Å². The highest BCUT2D eigenvalue weighted by Crippen LogP contribution is 2.20. The molecule has 0 aliphatic carbocycles. The molecule has 1 amide bonds. The molecule has 4 N–H and O–H groups in total. The molecule has 3 heterocycles. The third-order valence-corrected chi connectivity index (χ3v) is 3.64. The van der Waals surface area contributed by atoms with Crippen LogP contribution in [0, 0.1) is 6.92 Å². The number of anilines is 3. The van der Waals surface area contributed by atoms with Gasteiger partial charge in [0.25, 0.3) is 0 Å². The second-order valence-corrected chi connectivity index (χ2v) is 5.52. The Morgan fingerprint density at radius 3 is 3.09 bits per heavy atom. The number of aryl methyl sites for hydroxylation is 1. The van der Waals surface area contributed by atoms with Gasteiger partial charge >= 0.3 is 6.09 Å². The molecule has 0 radical (unpaired) electrons. The summed E-state index contributed by atoms with van der Waals surface area (Å²) in [6, 6.07) is 3.56. The van der Waals surface area contributed by atoms with Crippen molar-refractivity contribution in [2.24, 2.45) is 0 Å².